The fourth-order valence-electron chi connectivity index (χ4n) is 4.62. The third kappa shape index (κ3) is 5.04. The molecular formula is C26H36N6O3. The molecule has 2 aliphatic heterocycles. The normalized spacial score (nSPS) is 16.5. The summed E-state index contributed by atoms with van der Waals surface area (Å²) in [4.78, 5) is 40.2. The lowest BCUT2D eigenvalue weighted by Gasteiger charge is -2.34. The van der Waals surface area contributed by atoms with Gasteiger partial charge in [0.1, 0.15) is 17.3 Å². The van der Waals surface area contributed by atoms with Crippen molar-refractivity contribution in [3.63, 3.8) is 0 Å². The minimum Gasteiger partial charge on any atom is -0.494 e. The molecule has 2 aromatic rings. The van der Waals surface area contributed by atoms with E-state index in [1.165, 1.54) is 0 Å². The Morgan fingerprint density at radius 2 is 1.86 bits per heavy atom. The molecule has 1 aromatic carbocycles. The third-order valence-corrected chi connectivity index (χ3v) is 6.77. The summed E-state index contributed by atoms with van der Waals surface area (Å²) in [5, 5.41) is 3.56. The molecule has 9 nitrogen and oxygen atoms in total. The van der Waals surface area contributed by atoms with Gasteiger partial charge in [0.25, 0.3) is 5.91 Å². The number of benzene rings is 1. The molecule has 2 aliphatic rings. The van der Waals surface area contributed by atoms with Crippen molar-refractivity contribution < 1.29 is 14.3 Å². The number of carbonyl (C=O) groups is 2. The van der Waals surface area contributed by atoms with Gasteiger partial charge in [-0.05, 0) is 51.8 Å². The molecular weight excluding hydrogens is 444 g/mol. The third-order valence-electron chi connectivity index (χ3n) is 6.77. The summed E-state index contributed by atoms with van der Waals surface area (Å²) >= 11 is 0. The van der Waals surface area contributed by atoms with Crippen LogP contribution in [0.5, 0.6) is 5.75 Å². The highest BCUT2D eigenvalue weighted by Gasteiger charge is 2.35. The molecule has 0 spiro atoms. The maximum Gasteiger partial charge on any atom is 0.273 e. The number of anilines is 2. The molecule has 0 aliphatic carbocycles. The maximum atomic E-state index is 13.2. The number of nitrogens with one attached hydrogen (secondary N) is 1. The first-order valence-electron chi connectivity index (χ1n) is 12.4. The van der Waals surface area contributed by atoms with E-state index in [-0.39, 0.29) is 23.9 Å². The molecule has 0 bridgehead atoms. The number of ether oxygens (including phenoxy) is 1. The van der Waals surface area contributed by atoms with Crippen molar-refractivity contribution in [2.45, 2.75) is 60.2 Å². The lowest BCUT2D eigenvalue weighted by atomic mass is 10.0. The predicted octanol–water partition coefficient (Wildman–Crippen LogP) is 3.39. The van der Waals surface area contributed by atoms with Crippen LogP contribution in [0.25, 0.3) is 0 Å². The number of aromatic nitrogens is 2. The average Bonchev–Trinajstić information content (AvgIpc) is 3.17. The Kier molecular flexibility index (Phi) is 7.14. The molecule has 1 fully saturated rings. The van der Waals surface area contributed by atoms with Gasteiger partial charge in [0.2, 0.25) is 11.9 Å². The molecule has 9 heteroatoms. The Labute approximate surface area is 207 Å². The van der Waals surface area contributed by atoms with E-state index in [4.69, 9.17) is 14.7 Å². The molecule has 2 amide bonds. The van der Waals surface area contributed by atoms with Gasteiger partial charge in [-0.25, -0.2) is 4.98 Å². The lowest BCUT2D eigenvalue weighted by molar-refractivity contribution is -0.129. The second-order valence-electron chi connectivity index (χ2n) is 9.54. The molecule has 4 rings (SSSR count). The van der Waals surface area contributed by atoms with Gasteiger partial charge in [-0.1, -0.05) is 12.1 Å². The molecule has 1 saturated heterocycles. The van der Waals surface area contributed by atoms with Crippen molar-refractivity contribution in [2.24, 2.45) is 0 Å². The number of hydrogen-bond acceptors (Lipinski definition) is 7. The number of fused-ring (bicyclic) bond motifs is 1. The summed E-state index contributed by atoms with van der Waals surface area (Å²) in [5.41, 5.74) is 3.50. The quantitative estimate of drug-likeness (QED) is 0.650. The van der Waals surface area contributed by atoms with Gasteiger partial charge in [-0.3, -0.25) is 9.59 Å². The minimum absolute atomic E-state index is 0.0333. The Morgan fingerprint density at radius 3 is 2.46 bits per heavy atom. The Bertz CT molecular complexity index is 1110. The van der Waals surface area contributed by atoms with Crippen molar-refractivity contribution in [3.8, 4) is 5.75 Å². The molecule has 188 valence electrons. The Balaban J connectivity index is 1.64. The zero-order valence-corrected chi connectivity index (χ0v) is 21.6. The van der Waals surface area contributed by atoms with Crippen LogP contribution in [0, 0.1) is 6.92 Å². The highest BCUT2D eigenvalue weighted by molar-refractivity contribution is 5.98. The fourth-order valence-corrected chi connectivity index (χ4v) is 4.62. The number of aryl methyl sites for hydroxylation is 1. The molecule has 1 aromatic heterocycles. The van der Waals surface area contributed by atoms with Crippen LogP contribution < -0.4 is 15.0 Å². The summed E-state index contributed by atoms with van der Waals surface area (Å²) in [6.07, 6.45) is 0. The summed E-state index contributed by atoms with van der Waals surface area (Å²) in [6.45, 7) is 15.3. The van der Waals surface area contributed by atoms with Gasteiger partial charge in [-0.2, -0.15) is 4.98 Å². The van der Waals surface area contributed by atoms with Gasteiger partial charge < -0.3 is 24.8 Å². The fraction of sp³-hybridized carbons (Fsp3) is 0.538. The molecule has 0 radical (unpaired) electrons. The zero-order chi connectivity index (χ0) is 25.3. The molecule has 35 heavy (non-hydrogen) atoms. The van der Waals surface area contributed by atoms with Crippen molar-refractivity contribution in [3.05, 3.63) is 40.6 Å². The molecule has 0 saturated carbocycles. The largest absolute Gasteiger partial charge is 0.494 e. The number of hydrogen-bond donors (Lipinski definition) is 1. The van der Waals surface area contributed by atoms with Crippen LogP contribution in [-0.2, 0) is 11.3 Å². The lowest BCUT2D eigenvalue weighted by Crippen LogP contribution is -2.48. The highest BCUT2D eigenvalue weighted by Crippen LogP contribution is 2.33. The van der Waals surface area contributed by atoms with Crippen LogP contribution in [0.2, 0.25) is 0 Å². The van der Waals surface area contributed by atoms with E-state index in [9.17, 15) is 9.59 Å². The van der Waals surface area contributed by atoms with Gasteiger partial charge >= 0.3 is 0 Å². The van der Waals surface area contributed by atoms with Crippen LogP contribution in [0.15, 0.2) is 18.2 Å². The number of nitrogens with zero attached hydrogens (tertiary/aromatic N) is 5. The minimum atomic E-state index is -0.0614. The smallest absolute Gasteiger partial charge is 0.273 e. The van der Waals surface area contributed by atoms with Crippen LogP contribution in [0.4, 0.5) is 11.8 Å². The van der Waals surface area contributed by atoms with Gasteiger partial charge in [0, 0.05) is 50.7 Å². The Hall–Kier alpha value is -3.36. The maximum absolute atomic E-state index is 13.2. The number of carbonyl (C=O) groups excluding carboxylic acids is 2. The first kappa shape index (κ1) is 24.8. The Morgan fingerprint density at radius 1 is 1.14 bits per heavy atom. The van der Waals surface area contributed by atoms with Gasteiger partial charge in [0.05, 0.1) is 13.2 Å². The topological polar surface area (TPSA) is 90.9 Å². The van der Waals surface area contributed by atoms with E-state index < -0.39 is 0 Å². The van der Waals surface area contributed by atoms with Gasteiger partial charge in [-0.15, -0.1) is 0 Å². The second kappa shape index (κ2) is 10.1. The van der Waals surface area contributed by atoms with Crippen LogP contribution in [0.1, 0.15) is 67.8 Å². The molecule has 1 N–H and O–H groups in total. The SMILES string of the molecule is CCOc1ccc(C(C)Nc2nc(N3CCN(C(C)=O)CC3)nc3c2CN(C(C)C)C3=O)cc1C. The standard InChI is InChI=1S/C26H36N6O3/c1-7-35-22-9-8-20(14-17(22)4)18(5)27-24-21-15-32(16(2)3)25(34)23(21)28-26(29-24)31-12-10-30(11-13-31)19(6)33/h8-9,14,16,18H,7,10-13,15H2,1-6H3,(H,27,28,29). The van der Waals surface area contributed by atoms with E-state index >= 15 is 0 Å². The van der Waals surface area contributed by atoms with E-state index in [1.54, 1.807) is 6.92 Å². The predicted molar refractivity (Wildman–Crippen MR) is 136 cm³/mol. The van der Waals surface area contributed by atoms with Crippen molar-refractivity contribution >= 4 is 23.6 Å². The average molecular weight is 481 g/mol. The number of rotatable bonds is 7. The van der Waals surface area contributed by atoms with E-state index in [1.807, 2.05) is 43.6 Å². The monoisotopic (exact) mass is 480 g/mol. The second-order valence-corrected chi connectivity index (χ2v) is 9.54. The van der Waals surface area contributed by atoms with E-state index in [0.29, 0.717) is 56.8 Å². The number of piperazine rings is 1. The van der Waals surface area contributed by atoms with Crippen LogP contribution >= 0.6 is 0 Å². The van der Waals surface area contributed by atoms with Gasteiger partial charge in [0.15, 0.2) is 0 Å². The zero-order valence-electron chi connectivity index (χ0n) is 21.6. The van der Waals surface area contributed by atoms with Crippen molar-refractivity contribution in [1.29, 1.82) is 0 Å². The molecule has 1 unspecified atom stereocenters. The first-order chi connectivity index (χ1) is 16.7. The summed E-state index contributed by atoms with van der Waals surface area (Å²) < 4.78 is 5.69. The van der Waals surface area contributed by atoms with Crippen LogP contribution in [0.3, 0.4) is 0 Å². The molecule has 1 atom stereocenters. The van der Waals surface area contributed by atoms with Crippen molar-refractivity contribution in [2.75, 3.05) is 43.0 Å². The van der Waals surface area contributed by atoms with E-state index in [0.717, 1.165) is 22.4 Å². The highest BCUT2D eigenvalue weighted by atomic mass is 16.5. The van der Waals surface area contributed by atoms with Crippen molar-refractivity contribution in [1.82, 2.24) is 19.8 Å². The number of amides is 2. The summed E-state index contributed by atoms with van der Waals surface area (Å²) in [6, 6.07) is 6.22. The summed E-state index contributed by atoms with van der Waals surface area (Å²) in [5.74, 6) is 2.12. The van der Waals surface area contributed by atoms with E-state index in [2.05, 4.69) is 29.3 Å². The van der Waals surface area contributed by atoms with Crippen LogP contribution in [-0.4, -0.2) is 70.4 Å². The molecule has 3 heterocycles. The first-order valence-corrected chi connectivity index (χ1v) is 12.4. The summed E-state index contributed by atoms with van der Waals surface area (Å²) in [7, 11) is 0.